The van der Waals surface area contributed by atoms with E-state index in [2.05, 4.69) is 42.6 Å². The molecule has 0 atom stereocenters. The first kappa shape index (κ1) is 16.1. The minimum absolute atomic E-state index is 0.229. The topological polar surface area (TPSA) is 73.9 Å². The predicted molar refractivity (Wildman–Crippen MR) is 83.9 cm³/mol. The summed E-state index contributed by atoms with van der Waals surface area (Å²) in [6, 6.07) is 0. The molecule has 1 heterocycles. The van der Waals surface area contributed by atoms with Crippen molar-refractivity contribution in [2.75, 3.05) is 12.3 Å². The zero-order chi connectivity index (χ0) is 15.7. The number of hydrogen-bond acceptors (Lipinski definition) is 5. The first-order valence-corrected chi connectivity index (χ1v) is 7.94. The molecule has 0 bridgehead atoms. The highest BCUT2D eigenvalue weighted by molar-refractivity contribution is 5.20. The minimum Gasteiger partial charge on any atom is -0.368 e. The van der Waals surface area contributed by atoms with Crippen LogP contribution in [-0.2, 0) is 10.3 Å². The molecule has 0 amide bonds. The summed E-state index contributed by atoms with van der Waals surface area (Å²) >= 11 is 0. The zero-order valence-corrected chi connectivity index (χ0v) is 13.9. The van der Waals surface area contributed by atoms with Gasteiger partial charge in [-0.2, -0.15) is 9.97 Å². The van der Waals surface area contributed by atoms with Gasteiger partial charge in [-0.25, -0.2) is 4.98 Å². The molecule has 2 rings (SSSR count). The summed E-state index contributed by atoms with van der Waals surface area (Å²) in [5, 5.41) is 0. The second-order valence-electron chi connectivity index (χ2n) is 7.12. The summed E-state index contributed by atoms with van der Waals surface area (Å²) in [6.07, 6.45) is 4.09. The number of aromatic nitrogens is 3. The Kier molecular flexibility index (Phi) is 4.51. The van der Waals surface area contributed by atoms with E-state index >= 15 is 0 Å². The Morgan fingerprint density at radius 3 is 2.24 bits per heavy atom. The average Bonchev–Trinajstić information content (AvgIpc) is 2.41. The molecule has 2 N–H and O–H groups in total. The number of nitrogens with zero attached hydrogens (tertiary/aromatic N) is 3. The molecular formula is C16H28N4O. The number of nitrogen functional groups attached to an aromatic ring is 1. The van der Waals surface area contributed by atoms with Crippen molar-refractivity contribution in [3.05, 3.63) is 11.6 Å². The predicted octanol–water partition coefficient (Wildman–Crippen LogP) is 3.41. The molecule has 0 aromatic carbocycles. The standard InChI is InChI=1S/C16H28N4O/c1-6-21-16(9-7-15(4,5)8-10-16)13-18-12(11(2)3)19-14(17)20-13/h11H,6-10H2,1-5H3,(H2,17,18,19,20). The normalized spacial score (nSPS) is 20.7. The summed E-state index contributed by atoms with van der Waals surface area (Å²) in [6.45, 7) is 11.4. The first-order chi connectivity index (χ1) is 9.78. The zero-order valence-electron chi connectivity index (χ0n) is 13.9. The van der Waals surface area contributed by atoms with Crippen molar-refractivity contribution in [1.82, 2.24) is 15.0 Å². The van der Waals surface area contributed by atoms with Crippen LogP contribution in [0.1, 0.15) is 77.9 Å². The van der Waals surface area contributed by atoms with Gasteiger partial charge in [-0.3, -0.25) is 0 Å². The first-order valence-electron chi connectivity index (χ1n) is 7.94. The molecule has 118 valence electrons. The summed E-state index contributed by atoms with van der Waals surface area (Å²) in [7, 11) is 0. The second-order valence-corrected chi connectivity index (χ2v) is 7.12. The van der Waals surface area contributed by atoms with E-state index < -0.39 is 5.60 Å². The quantitative estimate of drug-likeness (QED) is 0.920. The lowest BCUT2D eigenvalue weighted by atomic mass is 9.70. The van der Waals surface area contributed by atoms with Crippen LogP contribution in [0.25, 0.3) is 0 Å². The highest BCUT2D eigenvalue weighted by Crippen LogP contribution is 2.46. The molecule has 1 saturated carbocycles. The van der Waals surface area contributed by atoms with Crippen LogP contribution < -0.4 is 5.73 Å². The van der Waals surface area contributed by atoms with Gasteiger partial charge in [-0.05, 0) is 38.0 Å². The lowest BCUT2D eigenvalue weighted by Gasteiger charge is -2.42. The molecule has 0 unspecified atom stereocenters. The monoisotopic (exact) mass is 292 g/mol. The molecule has 5 nitrogen and oxygen atoms in total. The van der Waals surface area contributed by atoms with Gasteiger partial charge in [0.2, 0.25) is 5.95 Å². The Hall–Kier alpha value is -1.23. The van der Waals surface area contributed by atoms with Crippen molar-refractivity contribution in [2.24, 2.45) is 5.41 Å². The van der Waals surface area contributed by atoms with E-state index in [1.54, 1.807) is 0 Å². The van der Waals surface area contributed by atoms with Crippen LogP contribution in [0.5, 0.6) is 0 Å². The van der Waals surface area contributed by atoms with E-state index in [1.165, 1.54) is 0 Å². The molecule has 1 aromatic rings. The molecule has 1 fully saturated rings. The minimum atomic E-state index is -0.398. The van der Waals surface area contributed by atoms with Crippen LogP contribution in [0.3, 0.4) is 0 Å². The van der Waals surface area contributed by atoms with Crippen LogP contribution in [0.2, 0.25) is 0 Å². The number of ether oxygens (including phenoxy) is 1. The SMILES string of the molecule is CCOC1(c2nc(N)nc(C(C)C)n2)CCC(C)(C)CC1. The van der Waals surface area contributed by atoms with Crippen molar-refractivity contribution >= 4 is 5.95 Å². The van der Waals surface area contributed by atoms with E-state index in [1.807, 2.05) is 6.92 Å². The van der Waals surface area contributed by atoms with Crippen LogP contribution in [0, 0.1) is 5.41 Å². The van der Waals surface area contributed by atoms with Crippen molar-refractivity contribution in [1.29, 1.82) is 0 Å². The third-order valence-corrected chi connectivity index (χ3v) is 4.43. The van der Waals surface area contributed by atoms with Gasteiger partial charge in [0, 0.05) is 12.5 Å². The maximum absolute atomic E-state index is 6.13. The average molecular weight is 292 g/mol. The Bertz CT molecular complexity index is 489. The molecule has 5 heteroatoms. The van der Waals surface area contributed by atoms with Gasteiger partial charge in [-0.15, -0.1) is 0 Å². The fourth-order valence-electron chi connectivity index (χ4n) is 2.91. The fraction of sp³-hybridized carbons (Fsp3) is 0.812. The van der Waals surface area contributed by atoms with Crippen molar-refractivity contribution in [3.8, 4) is 0 Å². The van der Waals surface area contributed by atoms with Crippen molar-refractivity contribution in [3.63, 3.8) is 0 Å². The summed E-state index contributed by atoms with van der Waals surface area (Å²) in [4.78, 5) is 13.3. The van der Waals surface area contributed by atoms with Gasteiger partial charge in [0.25, 0.3) is 0 Å². The third-order valence-electron chi connectivity index (χ3n) is 4.43. The van der Waals surface area contributed by atoms with Gasteiger partial charge in [0.15, 0.2) is 5.82 Å². The maximum Gasteiger partial charge on any atom is 0.223 e. The smallest absolute Gasteiger partial charge is 0.223 e. The molecule has 0 saturated heterocycles. The van der Waals surface area contributed by atoms with Crippen LogP contribution in [-0.4, -0.2) is 21.6 Å². The fourth-order valence-corrected chi connectivity index (χ4v) is 2.91. The van der Waals surface area contributed by atoms with Crippen LogP contribution in [0.15, 0.2) is 0 Å². The van der Waals surface area contributed by atoms with E-state index in [4.69, 9.17) is 10.5 Å². The number of anilines is 1. The third kappa shape index (κ3) is 3.51. The van der Waals surface area contributed by atoms with Gasteiger partial charge in [0.05, 0.1) is 0 Å². The van der Waals surface area contributed by atoms with E-state index in [-0.39, 0.29) is 5.92 Å². The van der Waals surface area contributed by atoms with Gasteiger partial charge in [-0.1, -0.05) is 27.7 Å². The molecular weight excluding hydrogens is 264 g/mol. The summed E-state index contributed by atoms with van der Waals surface area (Å²) in [5.74, 6) is 2.00. The molecule has 1 aliphatic carbocycles. The highest BCUT2D eigenvalue weighted by Gasteiger charge is 2.43. The number of nitrogens with two attached hydrogens (primary N) is 1. The number of hydrogen-bond donors (Lipinski definition) is 1. The van der Waals surface area contributed by atoms with Crippen molar-refractivity contribution in [2.45, 2.75) is 71.8 Å². The van der Waals surface area contributed by atoms with E-state index in [0.717, 1.165) is 37.3 Å². The molecule has 21 heavy (non-hydrogen) atoms. The van der Waals surface area contributed by atoms with E-state index in [0.29, 0.717) is 18.0 Å². The van der Waals surface area contributed by atoms with Crippen LogP contribution in [0.4, 0.5) is 5.95 Å². The Labute approximate surface area is 127 Å². The lowest BCUT2D eigenvalue weighted by molar-refractivity contribution is -0.0949. The second kappa shape index (κ2) is 5.87. The Morgan fingerprint density at radius 2 is 1.71 bits per heavy atom. The molecule has 1 aliphatic rings. The van der Waals surface area contributed by atoms with Crippen molar-refractivity contribution < 1.29 is 4.74 Å². The lowest BCUT2D eigenvalue weighted by Crippen LogP contribution is -2.39. The Morgan fingerprint density at radius 1 is 1.10 bits per heavy atom. The summed E-state index contributed by atoms with van der Waals surface area (Å²) in [5.41, 5.74) is 5.86. The summed E-state index contributed by atoms with van der Waals surface area (Å²) < 4.78 is 6.13. The Balaban J connectivity index is 2.39. The molecule has 1 aromatic heterocycles. The van der Waals surface area contributed by atoms with Gasteiger partial charge < -0.3 is 10.5 Å². The maximum atomic E-state index is 6.13. The molecule has 0 aliphatic heterocycles. The number of rotatable bonds is 4. The van der Waals surface area contributed by atoms with Crippen LogP contribution >= 0.6 is 0 Å². The van der Waals surface area contributed by atoms with Gasteiger partial charge >= 0.3 is 0 Å². The largest absolute Gasteiger partial charge is 0.368 e. The van der Waals surface area contributed by atoms with E-state index in [9.17, 15) is 0 Å². The van der Waals surface area contributed by atoms with Gasteiger partial charge in [0.1, 0.15) is 11.4 Å². The molecule has 0 spiro atoms. The highest BCUT2D eigenvalue weighted by atomic mass is 16.5. The molecule has 0 radical (unpaired) electrons.